The number of nitrogens with one attached hydrogen (secondary N) is 2. The van der Waals surface area contributed by atoms with E-state index in [1.165, 1.54) is 39.5 Å². The molecule has 38 heavy (non-hydrogen) atoms. The van der Waals surface area contributed by atoms with Gasteiger partial charge in [0.15, 0.2) is 0 Å². The molecule has 0 unspecified atom stereocenters. The first-order valence-electron chi connectivity index (χ1n) is 12.0. The molecule has 0 aliphatic carbocycles. The summed E-state index contributed by atoms with van der Waals surface area (Å²) in [6, 6.07) is 9.91. The molecule has 0 bridgehead atoms. The van der Waals surface area contributed by atoms with Crippen LogP contribution in [-0.4, -0.2) is 67.1 Å². The van der Waals surface area contributed by atoms with Gasteiger partial charge in [-0.3, -0.25) is 9.59 Å². The molecule has 196 valence electrons. The molecule has 2 aromatic heterocycles. The minimum Gasteiger partial charge on any atom is -0.354 e. The Morgan fingerprint density at radius 2 is 1.82 bits per heavy atom. The molecule has 2 aliphatic rings. The van der Waals surface area contributed by atoms with Gasteiger partial charge in [0.1, 0.15) is 15.8 Å². The molecule has 6 rings (SSSR count). The van der Waals surface area contributed by atoms with Crippen molar-refractivity contribution in [3.05, 3.63) is 76.2 Å². The number of piperazine rings is 1. The number of carbonyl (C=O) groups is 2. The molecule has 2 aliphatic heterocycles. The summed E-state index contributed by atoms with van der Waals surface area (Å²) in [4.78, 5) is 30.4. The summed E-state index contributed by atoms with van der Waals surface area (Å²) in [6.07, 6.45) is 0.473. The summed E-state index contributed by atoms with van der Waals surface area (Å²) in [6.45, 7) is 0.812. The van der Waals surface area contributed by atoms with E-state index >= 15 is 0 Å². The van der Waals surface area contributed by atoms with Crippen LogP contribution in [0.1, 0.15) is 26.3 Å². The Labute approximate surface area is 220 Å². The van der Waals surface area contributed by atoms with Crippen molar-refractivity contribution in [2.24, 2.45) is 0 Å². The number of benzene rings is 2. The fourth-order valence-electron chi connectivity index (χ4n) is 5.12. The van der Waals surface area contributed by atoms with E-state index < -0.39 is 27.6 Å². The zero-order valence-corrected chi connectivity index (χ0v) is 21.6. The van der Waals surface area contributed by atoms with Crippen LogP contribution in [0.2, 0.25) is 0 Å². The maximum Gasteiger partial charge on any atom is 0.256 e. The van der Waals surface area contributed by atoms with E-state index in [1.807, 2.05) is 0 Å². The van der Waals surface area contributed by atoms with Crippen LogP contribution in [0, 0.1) is 11.6 Å². The SMILES string of the molecule is O=C1NCCc2c(-c3ccc(F)c(C(=O)N4CCN(S(=O)(=O)c5cccs5)CC4)c3)[nH]c3cc(F)cc1c23. The van der Waals surface area contributed by atoms with Crippen molar-refractivity contribution in [1.82, 2.24) is 19.5 Å². The number of halogens is 2. The molecular weight excluding hydrogens is 534 g/mol. The third-order valence-electron chi connectivity index (χ3n) is 6.97. The van der Waals surface area contributed by atoms with Gasteiger partial charge in [-0.15, -0.1) is 11.3 Å². The molecule has 2 amide bonds. The van der Waals surface area contributed by atoms with E-state index in [4.69, 9.17) is 0 Å². The van der Waals surface area contributed by atoms with Crippen LogP contribution in [0.15, 0.2) is 52.1 Å². The second-order valence-corrected chi connectivity index (χ2v) is 12.3. The Kier molecular flexibility index (Phi) is 6.04. The third kappa shape index (κ3) is 4.08. The van der Waals surface area contributed by atoms with Gasteiger partial charge in [0.25, 0.3) is 21.8 Å². The average molecular weight is 557 g/mol. The predicted octanol–water partition coefficient (Wildman–Crippen LogP) is 3.61. The molecule has 0 atom stereocenters. The van der Waals surface area contributed by atoms with E-state index in [1.54, 1.807) is 17.5 Å². The van der Waals surface area contributed by atoms with Crippen LogP contribution in [0.25, 0.3) is 22.2 Å². The lowest BCUT2D eigenvalue weighted by Crippen LogP contribution is -2.50. The van der Waals surface area contributed by atoms with Crippen LogP contribution in [0.4, 0.5) is 8.78 Å². The summed E-state index contributed by atoms with van der Waals surface area (Å²) < 4.78 is 56.3. The summed E-state index contributed by atoms with van der Waals surface area (Å²) in [5.74, 6) is -2.16. The maximum atomic E-state index is 14.9. The van der Waals surface area contributed by atoms with Gasteiger partial charge in [0.05, 0.1) is 11.1 Å². The molecule has 2 N–H and O–H groups in total. The summed E-state index contributed by atoms with van der Waals surface area (Å²) in [7, 11) is -3.63. The number of sulfonamides is 1. The van der Waals surface area contributed by atoms with Crippen molar-refractivity contribution >= 4 is 44.1 Å². The fourth-order valence-corrected chi connectivity index (χ4v) is 7.69. The van der Waals surface area contributed by atoms with Crippen molar-refractivity contribution in [2.45, 2.75) is 10.6 Å². The highest BCUT2D eigenvalue weighted by molar-refractivity contribution is 7.91. The predicted molar refractivity (Wildman–Crippen MR) is 139 cm³/mol. The minimum atomic E-state index is -3.63. The number of aromatic amines is 1. The molecule has 1 saturated heterocycles. The molecular formula is C26H22F2N4O4S2. The zero-order chi connectivity index (χ0) is 26.6. The first kappa shape index (κ1) is 24.7. The summed E-state index contributed by atoms with van der Waals surface area (Å²) in [5.41, 5.74) is 2.43. The number of hydrogen-bond donors (Lipinski definition) is 2. The quantitative estimate of drug-likeness (QED) is 0.401. The first-order valence-corrected chi connectivity index (χ1v) is 14.3. The van der Waals surface area contributed by atoms with Crippen LogP contribution < -0.4 is 5.32 Å². The Hall–Kier alpha value is -3.61. The van der Waals surface area contributed by atoms with Gasteiger partial charge < -0.3 is 15.2 Å². The van der Waals surface area contributed by atoms with Gasteiger partial charge in [0.2, 0.25) is 0 Å². The third-order valence-corrected chi connectivity index (χ3v) is 10.2. The van der Waals surface area contributed by atoms with E-state index in [9.17, 15) is 26.8 Å². The first-order chi connectivity index (χ1) is 18.2. The van der Waals surface area contributed by atoms with Crippen molar-refractivity contribution in [3.63, 3.8) is 0 Å². The highest BCUT2D eigenvalue weighted by atomic mass is 32.2. The number of nitrogens with zero attached hydrogens (tertiary/aromatic N) is 2. The van der Waals surface area contributed by atoms with E-state index in [0.717, 1.165) is 16.9 Å². The van der Waals surface area contributed by atoms with Gasteiger partial charge >= 0.3 is 0 Å². The Morgan fingerprint density at radius 1 is 1.03 bits per heavy atom. The molecule has 0 spiro atoms. The van der Waals surface area contributed by atoms with Crippen LogP contribution in [0.3, 0.4) is 0 Å². The van der Waals surface area contributed by atoms with Crippen LogP contribution in [-0.2, 0) is 16.4 Å². The van der Waals surface area contributed by atoms with Gasteiger partial charge in [-0.25, -0.2) is 17.2 Å². The van der Waals surface area contributed by atoms with E-state index in [-0.39, 0.29) is 47.4 Å². The van der Waals surface area contributed by atoms with Gasteiger partial charge in [0, 0.05) is 49.3 Å². The zero-order valence-electron chi connectivity index (χ0n) is 20.0. The molecule has 4 heterocycles. The average Bonchev–Trinajstić information content (AvgIpc) is 3.54. The largest absolute Gasteiger partial charge is 0.354 e. The van der Waals surface area contributed by atoms with Crippen molar-refractivity contribution in [1.29, 1.82) is 0 Å². The molecule has 0 saturated carbocycles. The number of hydrogen-bond acceptors (Lipinski definition) is 5. The number of H-pyrrole nitrogens is 1. The monoisotopic (exact) mass is 556 g/mol. The fraction of sp³-hybridized carbons (Fsp3) is 0.231. The van der Waals surface area contributed by atoms with Gasteiger partial charge in [-0.2, -0.15) is 4.31 Å². The summed E-state index contributed by atoms with van der Waals surface area (Å²) in [5, 5.41) is 5.06. The van der Waals surface area contributed by atoms with E-state index in [2.05, 4.69) is 10.3 Å². The molecule has 1 fully saturated rings. The smallest absolute Gasteiger partial charge is 0.256 e. The highest BCUT2D eigenvalue weighted by Crippen LogP contribution is 2.35. The number of aromatic nitrogens is 1. The number of rotatable bonds is 4. The standard InChI is InChI=1S/C26H22F2N4O4S2/c27-16-13-19-23-17(5-6-29-25(19)33)24(30-21(23)14-16)15-3-4-20(28)18(12-15)26(34)31-7-9-32(10-8-31)38(35,36)22-2-1-11-37-22/h1-4,11-14,30H,5-10H2,(H,29,33). The van der Waals surface area contributed by atoms with Gasteiger partial charge in [-0.1, -0.05) is 6.07 Å². The van der Waals surface area contributed by atoms with E-state index in [0.29, 0.717) is 35.1 Å². The lowest BCUT2D eigenvalue weighted by Gasteiger charge is -2.33. The number of thiophene rings is 1. The van der Waals surface area contributed by atoms with Crippen molar-refractivity contribution in [2.75, 3.05) is 32.7 Å². The second kappa shape index (κ2) is 9.29. The number of carbonyl (C=O) groups excluding carboxylic acids is 2. The van der Waals surface area contributed by atoms with Crippen LogP contribution in [0.5, 0.6) is 0 Å². The second-order valence-electron chi connectivity index (χ2n) is 9.18. The topological polar surface area (TPSA) is 103 Å². The van der Waals surface area contributed by atoms with Crippen molar-refractivity contribution < 1.29 is 26.8 Å². The molecule has 0 radical (unpaired) electrons. The lowest BCUT2D eigenvalue weighted by atomic mass is 9.99. The van der Waals surface area contributed by atoms with Crippen molar-refractivity contribution in [3.8, 4) is 11.3 Å². The minimum absolute atomic E-state index is 0.106. The molecule has 8 nitrogen and oxygen atoms in total. The highest BCUT2D eigenvalue weighted by Gasteiger charge is 2.32. The molecule has 12 heteroatoms. The lowest BCUT2D eigenvalue weighted by molar-refractivity contribution is 0.0693. The maximum absolute atomic E-state index is 14.9. The Bertz CT molecular complexity index is 1690. The Balaban J connectivity index is 1.30. The molecule has 2 aromatic carbocycles. The number of amides is 2. The van der Waals surface area contributed by atoms with Crippen LogP contribution >= 0.6 is 11.3 Å². The summed E-state index contributed by atoms with van der Waals surface area (Å²) >= 11 is 1.13. The molecule has 4 aromatic rings. The Morgan fingerprint density at radius 3 is 2.55 bits per heavy atom. The van der Waals surface area contributed by atoms with Gasteiger partial charge in [-0.05, 0) is 59.3 Å². The normalized spacial score (nSPS) is 16.5.